The third-order valence-corrected chi connectivity index (χ3v) is 4.96. The molecule has 1 saturated carbocycles. The van der Waals surface area contributed by atoms with Gasteiger partial charge < -0.3 is 5.32 Å². The normalized spacial score (nSPS) is 20.3. The van der Waals surface area contributed by atoms with E-state index in [-0.39, 0.29) is 0 Å². The van der Waals surface area contributed by atoms with Crippen LogP contribution in [0.25, 0.3) is 0 Å². The van der Waals surface area contributed by atoms with Crippen LogP contribution in [-0.4, -0.2) is 28.3 Å². The highest BCUT2D eigenvalue weighted by Crippen LogP contribution is 2.22. The molecule has 3 heteroatoms. The third-order valence-electron chi connectivity index (χ3n) is 3.05. The lowest BCUT2D eigenvalue weighted by atomic mass is 10.0. The van der Waals surface area contributed by atoms with Crippen LogP contribution in [0.5, 0.6) is 0 Å². The number of hydrogen-bond acceptors (Lipinski definition) is 2. The Morgan fingerprint density at radius 2 is 1.93 bits per heavy atom. The minimum absolute atomic E-state index is 0.518. The van der Waals surface area contributed by atoms with Crippen LogP contribution < -0.4 is 5.32 Å². The van der Waals surface area contributed by atoms with Crippen molar-refractivity contribution in [3.8, 4) is 0 Å². The first kappa shape index (κ1) is 13.2. The van der Waals surface area contributed by atoms with E-state index in [4.69, 9.17) is 0 Å². The zero-order valence-electron chi connectivity index (χ0n) is 9.96. The van der Waals surface area contributed by atoms with Crippen molar-refractivity contribution < 1.29 is 4.21 Å². The molecular weight excluding hydrogens is 206 g/mol. The van der Waals surface area contributed by atoms with Gasteiger partial charge in [0.2, 0.25) is 0 Å². The Labute approximate surface area is 96.7 Å². The largest absolute Gasteiger partial charge is 0.317 e. The van der Waals surface area contributed by atoms with E-state index in [0.29, 0.717) is 5.25 Å². The molecule has 0 radical (unpaired) electrons. The van der Waals surface area contributed by atoms with E-state index in [0.717, 1.165) is 25.3 Å². The van der Waals surface area contributed by atoms with Gasteiger partial charge in [0.1, 0.15) is 0 Å². The molecule has 15 heavy (non-hydrogen) atoms. The fraction of sp³-hybridized carbons (Fsp3) is 1.00. The number of nitrogens with one attached hydrogen (secondary N) is 1. The van der Waals surface area contributed by atoms with Crippen molar-refractivity contribution in [1.29, 1.82) is 0 Å². The van der Waals surface area contributed by atoms with E-state index < -0.39 is 10.8 Å². The fourth-order valence-electron chi connectivity index (χ4n) is 2.14. The molecule has 1 N–H and O–H groups in total. The molecule has 0 aromatic carbocycles. The summed E-state index contributed by atoms with van der Waals surface area (Å²) in [5.74, 6) is 0.904. The first-order chi connectivity index (χ1) is 7.34. The van der Waals surface area contributed by atoms with E-state index in [1.165, 1.54) is 38.5 Å². The van der Waals surface area contributed by atoms with Crippen LogP contribution in [0, 0.1) is 0 Å². The van der Waals surface area contributed by atoms with Crippen molar-refractivity contribution in [2.24, 2.45) is 0 Å². The van der Waals surface area contributed by atoms with Crippen molar-refractivity contribution in [3.05, 3.63) is 0 Å². The van der Waals surface area contributed by atoms with Gasteiger partial charge in [0.05, 0.1) is 0 Å². The van der Waals surface area contributed by atoms with Crippen molar-refractivity contribution in [1.82, 2.24) is 5.32 Å². The van der Waals surface area contributed by atoms with Crippen molar-refractivity contribution in [2.45, 2.75) is 57.1 Å². The lowest BCUT2D eigenvalue weighted by Crippen LogP contribution is -2.23. The molecule has 0 aliphatic heterocycles. The third kappa shape index (κ3) is 5.67. The zero-order chi connectivity index (χ0) is 10.9. The maximum absolute atomic E-state index is 11.9. The summed E-state index contributed by atoms with van der Waals surface area (Å²) in [6, 6.07) is 0. The molecule has 0 aromatic heterocycles. The molecular formula is C12H25NOS. The van der Waals surface area contributed by atoms with Gasteiger partial charge in [0.25, 0.3) is 0 Å². The van der Waals surface area contributed by atoms with Gasteiger partial charge in [0, 0.05) is 21.8 Å². The molecule has 2 nitrogen and oxygen atoms in total. The standard InChI is InChI=1S/C12H25NOS/c1-2-9-13-10-6-11-15(14)12-7-4-3-5-8-12/h12-13H,2-11H2,1H3. The molecule has 0 aromatic rings. The summed E-state index contributed by atoms with van der Waals surface area (Å²) < 4.78 is 11.9. The van der Waals surface area contributed by atoms with Crippen LogP contribution in [-0.2, 0) is 10.8 Å². The average Bonchev–Trinajstić information content (AvgIpc) is 2.30. The fourth-order valence-corrected chi connectivity index (χ4v) is 3.76. The molecule has 1 aliphatic carbocycles. The summed E-state index contributed by atoms with van der Waals surface area (Å²) >= 11 is 0. The molecule has 1 unspecified atom stereocenters. The van der Waals surface area contributed by atoms with Crippen molar-refractivity contribution >= 4 is 10.8 Å². The molecule has 0 saturated heterocycles. The van der Waals surface area contributed by atoms with Crippen LogP contribution in [0.15, 0.2) is 0 Å². The molecule has 1 aliphatic rings. The van der Waals surface area contributed by atoms with E-state index >= 15 is 0 Å². The summed E-state index contributed by atoms with van der Waals surface area (Å²) in [7, 11) is -0.552. The molecule has 0 bridgehead atoms. The second-order valence-electron chi connectivity index (χ2n) is 4.45. The van der Waals surface area contributed by atoms with Crippen LogP contribution in [0.3, 0.4) is 0 Å². The smallest absolute Gasteiger partial charge is 0.0348 e. The van der Waals surface area contributed by atoms with Gasteiger partial charge in [-0.2, -0.15) is 0 Å². The highest BCUT2D eigenvalue weighted by molar-refractivity contribution is 7.85. The highest BCUT2D eigenvalue weighted by atomic mass is 32.2. The van der Waals surface area contributed by atoms with Crippen LogP contribution >= 0.6 is 0 Å². The minimum Gasteiger partial charge on any atom is -0.317 e. The molecule has 0 heterocycles. The van der Waals surface area contributed by atoms with Gasteiger partial charge in [-0.15, -0.1) is 0 Å². The van der Waals surface area contributed by atoms with Crippen LogP contribution in [0.1, 0.15) is 51.9 Å². The second kappa shape index (κ2) is 8.28. The molecule has 0 spiro atoms. The summed E-state index contributed by atoms with van der Waals surface area (Å²) in [4.78, 5) is 0. The monoisotopic (exact) mass is 231 g/mol. The Kier molecular flexibility index (Phi) is 7.28. The first-order valence-electron chi connectivity index (χ1n) is 6.42. The summed E-state index contributed by atoms with van der Waals surface area (Å²) in [5.41, 5.74) is 0. The predicted octanol–water partition coefficient (Wildman–Crippen LogP) is 2.46. The van der Waals surface area contributed by atoms with Crippen molar-refractivity contribution in [3.63, 3.8) is 0 Å². The van der Waals surface area contributed by atoms with Gasteiger partial charge in [-0.1, -0.05) is 26.2 Å². The van der Waals surface area contributed by atoms with E-state index in [1.54, 1.807) is 0 Å². The van der Waals surface area contributed by atoms with Gasteiger partial charge in [-0.05, 0) is 38.8 Å². The minimum atomic E-state index is -0.552. The highest BCUT2D eigenvalue weighted by Gasteiger charge is 2.18. The molecule has 1 fully saturated rings. The first-order valence-corrected chi connectivity index (χ1v) is 7.80. The van der Waals surface area contributed by atoms with Gasteiger partial charge in [0.15, 0.2) is 0 Å². The molecule has 1 atom stereocenters. The van der Waals surface area contributed by atoms with Gasteiger partial charge >= 0.3 is 0 Å². The quantitative estimate of drug-likeness (QED) is 0.682. The van der Waals surface area contributed by atoms with E-state index in [1.807, 2.05) is 0 Å². The van der Waals surface area contributed by atoms with Crippen LogP contribution in [0.4, 0.5) is 0 Å². The number of rotatable bonds is 7. The van der Waals surface area contributed by atoms with E-state index in [2.05, 4.69) is 12.2 Å². The zero-order valence-corrected chi connectivity index (χ0v) is 10.8. The Bertz CT molecular complexity index is 178. The SMILES string of the molecule is CCCNCCCS(=O)C1CCCCC1. The number of hydrogen-bond donors (Lipinski definition) is 1. The maximum atomic E-state index is 11.9. The van der Waals surface area contributed by atoms with Crippen molar-refractivity contribution in [2.75, 3.05) is 18.8 Å². The Morgan fingerprint density at radius 3 is 2.60 bits per heavy atom. The molecule has 1 rings (SSSR count). The van der Waals surface area contributed by atoms with E-state index in [9.17, 15) is 4.21 Å². The Balaban J connectivity index is 2.02. The van der Waals surface area contributed by atoms with Gasteiger partial charge in [-0.3, -0.25) is 4.21 Å². The Hall–Kier alpha value is 0.110. The molecule has 0 amide bonds. The predicted molar refractivity (Wildman–Crippen MR) is 67.7 cm³/mol. The topological polar surface area (TPSA) is 29.1 Å². The summed E-state index contributed by atoms with van der Waals surface area (Å²) in [6.45, 7) is 4.30. The second-order valence-corrected chi connectivity index (χ2v) is 6.28. The lowest BCUT2D eigenvalue weighted by Gasteiger charge is -2.20. The van der Waals surface area contributed by atoms with Gasteiger partial charge in [-0.25, -0.2) is 0 Å². The average molecular weight is 231 g/mol. The lowest BCUT2D eigenvalue weighted by molar-refractivity contribution is 0.504. The molecule has 90 valence electrons. The maximum Gasteiger partial charge on any atom is 0.0348 e. The summed E-state index contributed by atoms with van der Waals surface area (Å²) in [5, 5.41) is 3.88. The summed E-state index contributed by atoms with van der Waals surface area (Å²) in [6.07, 6.45) is 8.61. The van der Waals surface area contributed by atoms with Crippen LogP contribution in [0.2, 0.25) is 0 Å². The Morgan fingerprint density at radius 1 is 1.20 bits per heavy atom.